The van der Waals surface area contributed by atoms with Gasteiger partial charge in [0.1, 0.15) is 5.52 Å². The molecule has 3 aromatic rings. The predicted molar refractivity (Wildman–Crippen MR) is 82.2 cm³/mol. The lowest BCUT2D eigenvalue weighted by Crippen LogP contribution is -2.06. The molecule has 0 saturated heterocycles. The number of anilines is 1. The van der Waals surface area contributed by atoms with Gasteiger partial charge in [-0.3, -0.25) is 0 Å². The van der Waals surface area contributed by atoms with E-state index in [1.165, 1.54) is 5.56 Å². The monoisotopic (exact) mass is 286 g/mol. The molecule has 2 heterocycles. The van der Waals surface area contributed by atoms with Crippen LogP contribution >= 0.6 is 11.6 Å². The number of imidazole rings is 1. The summed E-state index contributed by atoms with van der Waals surface area (Å²) in [6.45, 7) is 0.810. The summed E-state index contributed by atoms with van der Waals surface area (Å²) in [6.07, 6.45) is 4.52. The molecule has 3 rings (SSSR count). The van der Waals surface area contributed by atoms with E-state index in [0.717, 1.165) is 34.8 Å². The van der Waals surface area contributed by atoms with Crippen molar-refractivity contribution in [1.82, 2.24) is 14.5 Å². The smallest absolute Gasteiger partial charge is 0.154 e. The lowest BCUT2D eigenvalue weighted by molar-refractivity contribution is 0.947. The van der Waals surface area contributed by atoms with Crippen LogP contribution in [0.2, 0.25) is 5.02 Å². The number of nitrogens with zero attached hydrogens (tertiary/aromatic N) is 3. The zero-order chi connectivity index (χ0) is 13.9. The van der Waals surface area contributed by atoms with E-state index in [1.54, 1.807) is 12.5 Å². The standard InChI is InChI=1S/C15H15ClN4/c1-20-10-19-14-13(20)7-9-18-15(14)17-8-6-11-2-4-12(16)5-3-11/h2-5,7,9-10H,6,8H2,1H3,(H,17,18). The van der Waals surface area contributed by atoms with E-state index in [-0.39, 0.29) is 0 Å². The van der Waals surface area contributed by atoms with E-state index in [0.29, 0.717) is 0 Å². The molecule has 0 bridgehead atoms. The first kappa shape index (κ1) is 12.9. The summed E-state index contributed by atoms with van der Waals surface area (Å²) in [6, 6.07) is 9.87. The van der Waals surface area contributed by atoms with Crippen LogP contribution in [-0.4, -0.2) is 21.1 Å². The Morgan fingerprint density at radius 3 is 2.75 bits per heavy atom. The van der Waals surface area contributed by atoms with Crippen molar-refractivity contribution in [1.29, 1.82) is 0 Å². The molecule has 5 heteroatoms. The van der Waals surface area contributed by atoms with Gasteiger partial charge in [0, 0.05) is 24.8 Å². The van der Waals surface area contributed by atoms with Crippen molar-refractivity contribution < 1.29 is 0 Å². The van der Waals surface area contributed by atoms with Crippen LogP contribution in [0.1, 0.15) is 5.56 Å². The minimum atomic E-state index is 0.765. The number of hydrogen-bond donors (Lipinski definition) is 1. The van der Waals surface area contributed by atoms with Crippen LogP contribution in [0.4, 0.5) is 5.82 Å². The van der Waals surface area contributed by atoms with Gasteiger partial charge < -0.3 is 9.88 Å². The number of aromatic nitrogens is 3. The van der Waals surface area contributed by atoms with Crippen molar-refractivity contribution in [3.8, 4) is 0 Å². The fraction of sp³-hybridized carbons (Fsp3) is 0.200. The SMILES string of the molecule is Cn1cnc2c(NCCc3ccc(Cl)cc3)nccc21. The Bertz CT molecular complexity index is 718. The summed E-state index contributed by atoms with van der Waals surface area (Å²) in [5.41, 5.74) is 3.23. The third-order valence-electron chi connectivity index (χ3n) is 3.26. The molecule has 0 aliphatic carbocycles. The Morgan fingerprint density at radius 1 is 1.15 bits per heavy atom. The number of hydrogen-bond acceptors (Lipinski definition) is 3. The molecule has 0 saturated carbocycles. The van der Waals surface area contributed by atoms with Crippen LogP contribution in [0.5, 0.6) is 0 Å². The molecule has 4 nitrogen and oxygen atoms in total. The van der Waals surface area contributed by atoms with Crippen molar-refractivity contribution in [3.05, 3.63) is 53.4 Å². The summed E-state index contributed by atoms with van der Waals surface area (Å²) in [5.74, 6) is 0.831. The molecule has 102 valence electrons. The van der Waals surface area contributed by atoms with Crippen LogP contribution in [0.3, 0.4) is 0 Å². The van der Waals surface area contributed by atoms with Crippen LogP contribution in [-0.2, 0) is 13.5 Å². The average Bonchev–Trinajstić information content (AvgIpc) is 2.84. The third-order valence-corrected chi connectivity index (χ3v) is 3.51. The highest BCUT2D eigenvalue weighted by molar-refractivity contribution is 6.30. The van der Waals surface area contributed by atoms with Crippen LogP contribution < -0.4 is 5.32 Å². The quantitative estimate of drug-likeness (QED) is 0.800. The molecule has 0 fully saturated rings. The highest BCUT2D eigenvalue weighted by Crippen LogP contribution is 2.18. The van der Waals surface area contributed by atoms with Gasteiger partial charge in [-0.25, -0.2) is 9.97 Å². The number of rotatable bonds is 4. The molecular formula is C15H15ClN4. The lowest BCUT2D eigenvalue weighted by atomic mass is 10.1. The number of pyridine rings is 1. The predicted octanol–water partition coefficient (Wildman–Crippen LogP) is 3.28. The number of aryl methyl sites for hydroxylation is 1. The normalized spacial score (nSPS) is 10.9. The van der Waals surface area contributed by atoms with Gasteiger partial charge in [0.15, 0.2) is 5.82 Å². The van der Waals surface area contributed by atoms with Gasteiger partial charge >= 0.3 is 0 Å². The van der Waals surface area contributed by atoms with Crippen LogP contribution in [0.25, 0.3) is 11.0 Å². The minimum absolute atomic E-state index is 0.765. The second-order valence-electron chi connectivity index (χ2n) is 4.69. The molecule has 1 N–H and O–H groups in total. The molecule has 0 aliphatic rings. The third kappa shape index (κ3) is 2.60. The van der Waals surface area contributed by atoms with E-state index in [4.69, 9.17) is 11.6 Å². The number of fused-ring (bicyclic) bond motifs is 1. The van der Waals surface area contributed by atoms with Gasteiger partial charge in [0.05, 0.1) is 11.8 Å². The first-order chi connectivity index (χ1) is 9.74. The van der Waals surface area contributed by atoms with Crippen LogP contribution in [0, 0.1) is 0 Å². The first-order valence-corrected chi connectivity index (χ1v) is 6.86. The number of halogens is 1. The van der Waals surface area contributed by atoms with E-state index < -0.39 is 0 Å². The van der Waals surface area contributed by atoms with Gasteiger partial charge in [0.2, 0.25) is 0 Å². The number of benzene rings is 1. The molecule has 1 aromatic carbocycles. The fourth-order valence-corrected chi connectivity index (χ4v) is 2.29. The lowest BCUT2D eigenvalue weighted by Gasteiger charge is -2.06. The largest absolute Gasteiger partial charge is 0.368 e. The van der Waals surface area contributed by atoms with Crippen molar-refractivity contribution in [2.45, 2.75) is 6.42 Å². The van der Waals surface area contributed by atoms with Gasteiger partial charge in [-0.05, 0) is 30.2 Å². The minimum Gasteiger partial charge on any atom is -0.368 e. The van der Waals surface area contributed by atoms with Gasteiger partial charge in [0.25, 0.3) is 0 Å². The van der Waals surface area contributed by atoms with Crippen molar-refractivity contribution in [3.63, 3.8) is 0 Å². The fourth-order valence-electron chi connectivity index (χ4n) is 2.17. The summed E-state index contributed by atoms with van der Waals surface area (Å²) in [5, 5.41) is 4.11. The Hall–Kier alpha value is -2.07. The Labute approximate surface area is 122 Å². The van der Waals surface area contributed by atoms with E-state index in [1.807, 2.05) is 41.9 Å². The maximum absolute atomic E-state index is 5.87. The van der Waals surface area contributed by atoms with E-state index in [2.05, 4.69) is 15.3 Å². The van der Waals surface area contributed by atoms with Crippen LogP contribution in [0.15, 0.2) is 42.9 Å². The van der Waals surface area contributed by atoms with E-state index >= 15 is 0 Å². The van der Waals surface area contributed by atoms with Gasteiger partial charge in [-0.2, -0.15) is 0 Å². The summed E-state index contributed by atoms with van der Waals surface area (Å²) in [7, 11) is 1.98. The topological polar surface area (TPSA) is 42.7 Å². The molecule has 20 heavy (non-hydrogen) atoms. The average molecular weight is 287 g/mol. The van der Waals surface area contributed by atoms with Crippen molar-refractivity contribution >= 4 is 28.5 Å². The first-order valence-electron chi connectivity index (χ1n) is 6.48. The second-order valence-corrected chi connectivity index (χ2v) is 5.12. The van der Waals surface area contributed by atoms with Crippen molar-refractivity contribution in [2.24, 2.45) is 7.05 Å². The Kier molecular flexibility index (Phi) is 3.56. The highest BCUT2D eigenvalue weighted by atomic mass is 35.5. The maximum Gasteiger partial charge on any atom is 0.154 e. The molecular weight excluding hydrogens is 272 g/mol. The molecule has 0 aliphatic heterocycles. The maximum atomic E-state index is 5.87. The molecule has 0 radical (unpaired) electrons. The second kappa shape index (κ2) is 5.51. The Morgan fingerprint density at radius 2 is 1.95 bits per heavy atom. The summed E-state index contributed by atoms with van der Waals surface area (Å²) in [4.78, 5) is 8.73. The Balaban J connectivity index is 1.69. The highest BCUT2D eigenvalue weighted by Gasteiger charge is 2.05. The molecule has 0 spiro atoms. The van der Waals surface area contributed by atoms with Gasteiger partial charge in [-0.15, -0.1) is 0 Å². The zero-order valence-corrected chi connectivity index (χ0v) is 11.9. The molecule has 0 unspecified atom stereocenters. The molecule has 2 aromatic heterocycles. The summed E-state index contributed by atoms with van der Waals surface area (Å²) < 4.78 is 1.99. The van der Waals surface area contributed by atoms with Gasteiger partial charge in [-0.1, -0.05) is 23.7 Å². The number of nitrogens with one attached hydrogen (secondary N) is 1. The summed E-state index contributed by atoms with van der Waals surface area (Å²) >= 11 is 5.87. The molecule has 0 amide bonds. The van der Waals surface area contributed by atoms with E-state index in [9.17, 15) is 0 Å². The van der Waals surface area contributed by atoms with Crippen molar-refractivity contribution in [2.75, 3.05) is 11.9 Å². The molecule has 0 atom stereocenters. The zero-order valence-electron chi connectivity index (χ0n) is 11.2.